The van der Waals surface area contributed by atoms with Crippen molar-refractivity contribution in [2.24, 2.45) is 0 Å². The van der Waals surface area contributed by atoms with Gasteiger partial charge in [-0.3, -0.25) is 4.40 Å². The summed E-state index contributed by atoms with van der Waals surface area (Å²) in [5.41, 5.74) is 2.55. The van der Waals surface area contributed by atoms with Gasteiger partial charge in [-0.25, -0.2) is 14.4 Å². The lowest BCUT2D eigenvalue weighted by Gasteiger charge is -2.34. The zero-order chi connectivity index (χ0) is 24.4. The van der Waals surface area contributed by atoms with Gasteiger partial charge < -0.3 is 19.0 Å². The van der Waals surface area contributed by atoms with Gasteiger partial charge in [0.1, 0.15) is 29.2 Å². The number of methoxy groups -OCH3 is 1. The van der Waals surface area contributed by atoms with Crippen molar-refractivity contribution < 1.29 is 18.1 Å². The lowest BCUT2D eigenvalue weighted by molar-refractivity contribution is 0.294. The molecule has 5 rings (SSSR count). The first-order chi connectivity index (χ1) is 17.1. The zero-order valence-electron chi connectivity index (χ0n) is 19.5. The quantitative estimate of drug-likeness (QED) is 0.366. The summed E-state index contributed by atoms with van der Waals surface area (Å²) in [7, 11) is 1.42. The SMILES string of the molecule is CCN1CCCN(CCNc2nccc(-c3c(-c4ccc(F)c(OC)c4)nc4occn34)n2)[S+]1[O-]. The molecule has 1 aliphatic rings. The van der Waals surface area contributed by atoms with Crippen LogP contribution in [0.5, 0.6) is 5.75 Å². The van der Waals surface area contributed by atoms with Crippen LogP contribution in [0.2, 0.25) is 0 Å². The molecule has 1 saturated heterocycles. The lowest BCUT2D eigenvalue weighted by Crippen LogP contribution is -2.50. The molecule has 1 atom stereocenters. The number of oxazole rings is 1. The molecule has 1 unspecified atom stereocenters. The monoisotopic (exact) mass is 499 g/mol. The molecule has 1 N–H and O–H groups in total. The molecule has 12 heteroatoms. The maximum atomic E-state index is 14.0. The average molecular weight is 500 g/mol. The Bertz CT molecular complexity index is 1310. The van der Waals surface area contributed by atoms with Crippen LogP contribution in [0.25, 0.3) is 28.5 Å². The number of halogens is 1. The standard InChI is InChI=1S/C23H26FN7O3S/c1-3-29-10-4-11-30(35(29)32)12-9-26-22-25-8-7-18(27-22)21-20(28-23-31(21)13-14-34-23)16-5-6-17(24)19(15-16)33-2/h5-8,13-15H,3-4,9-12H2,1-2H3,(H,25,26,27). The summed E-state index contributed by atoms with van der Waals surface area (Å²) in [6.45, 7) is 5.58. The van der Waals surface area contributed by atoms with Gasteiger partial charge in [0.2, 0.25) is 5.95 Å². The molecule has 1 fully saturated rings. The molecule has 0 saturated carbocycles. The van der Waals surface area contributed by atoms with Gasteiger partial charge >= 0.3 is 5.84 Å². The third-order valence-electron chi connectivity index (χ3n) is 5.84. The molecule has 184 valence electrons. The van der Waals surface area contributed by atoms with Crippen molar-refractivity contribution >= 4 is 23.3 Å². The van der Waals surface area contributed by atoms with E-state index in [0.29, 0.717) is 47.5 Å². The third kappa shape index (κ3) is 4.69. The second-order valence-electron chi connectivity index (χ2n) is 7.94. The molecule has 1 aliphatic heterocycles. The normalized spacial score (nSPS) is 17.2. The first-order valence-corrected chi connectivity index (χ1v) is 12.4. The highest BCUT2D eigenvalue weighted by Gasteiger charge is 2.31. The van der Waals surface area contributed by atoms with E-state index in [0.717, 1.165) is 26.1 Å². The molecule has 0 spiro atoms. The van der Waals surface area contributed by atoms with E-state index < -0.39 is 17.4 Å². The molecule has 3 aromatic heterocycles. The van der Waals surface area contributed by atoms with E-state index in [4.69, 9.17) is 9.15 Å². The minimum Gasteiger partial charge on any atom is -0.578 e. The molecule has 0 aliphatic carbocycles. The summed E-state index contributed by atoms with van der Waals surface area (Å²) >= 11 is -1.12. The summed E-state index contributed by atoms with van der Waals surface area (Å²) in [6, 6.07) is 6.36. The number of hydrogen-bond acceptors (Lipinski definition) is 9. The highest BCUT2D eigenvalue weighted by molar-refractivity contribution is 7.86. The van der Waals surface area contributed by atoms with E-state index >= 15 is 0 Å². The molecule has 4 aromatic rings. The Hall–Kier alpha value is -3.19. The third-order valence-corrected chi connectivity index (χ3v) is 7.53. The van der Waals surface area contributed by atoms with Crippen LogP contribution in [0, 0.1) is 5.82 Å². The van der Waals surface area contributed by atoms with Crippen LogP contribution < -0.4 is 10.1 Å². The summed E-state index contributed by atoms with van der Waals surface area (Å²) in [6.07, 6.45) is 5.95. The molecule has 10 nitrogen and oxygen atoms in total. The van der Waals surface area contributed by atoms with Crippen molar-refractivity contribution in [3.05, 3.63) is 48.7 Å². The maximum absolute atomic E-state index is 14.0. The van der Waals surface area contributed by atoms with E-state index in [1.54, 1.807) is 41.3 Å². The largest absolute Gasteiger partial charge is 0.578 e. The van der Waals surface area contributed by atoms with Crippen molar-refractivity contribution in [3.63, 3.8) is 0 Å². The van der Waals surface area contributed by atoms with Gasteiger partial charge in [0.25, 0.3) is 0 Å². The fourth-order valence-electron chi connectivity index (χ4n) is 4.11. The fourth-order valence-corrected chi connectivity index (χ4v) is 5.47. The van der Waals surface area contributed by atoms with Crippen molar-refractivity contribution in [2.45, 2.75) is 13.3 Å². The number of hydrogen-bond donors (Lipinski definition) is 1. The van der Waals surface area contributed by atoms with Gasteiger partial charge in [0, 0.05) is 44.1 Å². The number of imidazole rings is 1. The van der Waals surface area contributed by atoms with E-state index in [9.17, 15) is 8.94 Å². The molecule has 0 radical (unpaired) electrons. The number of anilines is 1. The highest BCUT2D eigenvalue weighted by atomic mass is 32.2. The predicted molar refractivity (Wildman–Crippen MR) is 130 cm³/mol. The minimum absolute atomic E-state index is 0.125. The number of rotatable bonds is 8. The number of nitrogens with zero attached hydrogens (tertiary/aromatic N) is 6. The average Bonchev–Trinajstić information content (AvgIpc) is 3.47. The van der Waals surface area contributed by atoms with Crippen molar-refractivity contribution in [1.82, 2.24) is 28.0 Å². The molecule has 35 heavy (non-hydrogen) atoms. The number of ether oxygens (including phenoxy) is 1. The van der Waals surface area contributed by atoms with Gasteiger partial charge in [-0.05, 0) is 37.6 Å². The van der Waals surface area contributed by atoms with Crippen LogP contribution in [0.15, 0.2) is 47.3 Å². The van der Waals surface area contributed by atoms with E-state index in [1.165, 1.54) is 13.2 Å². The Morgan fingerprint density at radius 1 is 1.23 bits per heavy atom. The van der Waals surface area contributed by atoms with Gasteiger partial charge in [-0.15, -0.1) is 8.61 Å². The Kier molecular flexibility index (Phi) is 6.86. The molecule has 4 heterocycles. The second-order valence-corrected chi connectivity index (χ2v) is 9.44. The maximum Gasteiger partial charge on any atom is 0.306 e. The lowest BCUT2D eigenvalue weighted by atomic mass is 10.1. The Morgan fingerprint density at radius 3 is 2.91 bits per heavy atom. The summed E-state index contributed by atoms with van der Waals surface area (Å²) in [5.74, 6) is 0.504. The first-order valence-electron chi connectivity index (χ1n) is 11.4. The number of nitrogens with one attached hydrogen (secondary N) is 1. The van der Waals surface area contributed by atoms with Crippen LogP contribution in [0.3, 0.4) is 0 Å². The predicted octanol–water partition coefficient (Wildman–Crippen LogP) is 3.22. The molecule has 0 bridgehead atoms. The van der Waals surface area contributed by atoms with Crippen molar-refractivity contribution in [2.75, 3.05) is 45.2 Å². The summed E-state index contributed by atoms with van der Waals surface area (Å²) in [4.78, 5) is 13.6. The van der Waals surface area contributed by atoms with Crippen LogP contribution in [-0.2, 0) is 11.5 Å². The van der Waals surface area contributed by atoms with Gasteiger partial charge in [0.15, 0.2) is 11.6 Å². The van der Waals surface area contributed by atoms with Gasteiger partial charge in [-0.1, -0.05) is 0 Å². The van der Waals surface area contributed by atoms with Crippen LogP contribution in [0.1, 0.15) is 13.3 Å². The van der Waals surface area contributed by atoms with Crippen molar-refractivity contribution in [3.8, 4) is 28.4 Å². The van der Waals surface area contributed by atoms with E-state index in [-0.39, 0.29) is 5.75 Å². The topological polar surface area (TPSA) is 107 Å². The van der Waals surface area contributed by atoms with Crippen LogP contribution in [-0.4, -0.2) is 72.3 Å². The van der Waals surface area contributed by atoms with E-state index in [1.807, 2.05) is 15.5 Å². The highest BCUT2D eigenvalue weighted by Crippen LogP contribution is 2.34. The molecular formula is C23H26FN7O3S. The van der Waals surface area contributed by atoms with Gasteiger partial charge in [-0.2, -0.15) is 4.98 Å². The summed E-state index contributed by atoms with van der Waals surface area (Å²) in [5, 5.41) is 3.23. The molecule has 0 amide bonds. The Morgan fingerprint density at radius 2 is 2.09 bits per heavy atom. The number of benzene rings is 1. The van der Waals surface area contributed by atoms with Crippen LogP contribution in [0.4, 0.5) is 10.3 Å². The second kappa shape index (κ2) is 10.2. The minimum atomic E-state index is -1.12. The smallest absolute Gasteiger partial charge is 0.306 e. The van der Waals surface area contributed by atoms with Crippen molar-refractivity contribution in [1.29, 1.82) is 0 Å². The fraction of sp³-hybridized carbons (Fsp3) is 0.348. The van der Waals surface area contributed by atoms with E-state index in [2.05, 4.69) is 20.3 Å². The Balaban J connectivity index is 1.39. The number of aromatic nitrogens is 4. The van der Waals surface area contributed by atoms with Crippen LogP contribution >= 0.6 is 0 Å². The summed E-state index contributed by atoms with van der Waals surface area (Å²) < 4.78 is 42.9. The van der Waals surface area contributed by atoms with Gasteiger partial charge in [0.05, 0.1) is 19.3 Å². The number of fused-ring (bicyclic) bond motifs is 1. The first kappa shape index (κ1) is 23.5. The zero-order valence-corrected chi connectivity index (χ0v) is 20.3. The molecule has 1 aromatic carbocycles. The Labute approximate surface area is 205 Å². The molecular weight excluding hydrogens is 473 g/mol.